The Labute approximate surface area is 101 Å². The Hall–Kier alpha value is -0.120. The zero-order valence-electron chi connectivity index (χ0n) is 11.0. The van der Waals surface area contributed by atoms with Crippen molar-refractivity contribution in [3.63, 3.8) is 0 Å². The van der Waals surface area contributed by atoms with Crippen molar-refractivity contribution in [3.8, 4) is 0 Å². The van der Waals surface area contributed by atoms with Gasteiger partial charge in [-0.1, -0.05) is 13.8 Å². The highest BCUT2D eigenvalue weighted by molar-refractivity contribution is 4.78. The Bertz CT molecular complexity index is 161. The molecule has 0 amide bonds. The van der Waals surface area contributed by atoms with Gasteiger partial charge >= 0.3 is 0 Å². The van der Waals surface area contributed by atoms with Crippen molar-refractivity contribution in [2.75, 3.05) is 26.2 Å². The minimum Gasteiger partial charge on any atom is -0.328 e. The summed E-state index contributed by atoms with van der Waals surface area (Å²) in [6.45, 7) is 9.21. The fraction of sp³-hybridized carbons (Fsp3) is 1.00. The van der Waals surface area contributed by atoms with Gasteiger partial charge in [0.15, 0.2) is 0 Å². The van der Waals surface area contributed by atoms with Gasteiger partial charge in [0.05, 0.1) is 0 Å². The van der Waals surface area contributed by atoms with Gasteiger partial charge in [0.2, 0.25) is 0 Å². The van der Waals surface area contributed by atoms with Crippen molar-refractivity contribution >= 4 is 0 Å². The second-order valence-electron chi connectivity index (χ2n) is 4.95. The third-order valence-electron chi connectivity index (χ3n) is 3.75. The Morgan fingerprint density at radius 2 is 1.75 bits per heavy atom. The van der Waals surface area contributed by atoms with Crippen LogP contribution in [0.5, 0.6) is 0 Å². The number of nitrogens with one attached hydrogen (secondary N) is 1. The molecule has 0 unspecified atom stereocenters. The van der Waals surface area contributed by atoms with Crippen molar-refractivity contribution in [1.82, 2.24) is 10.2 Å². The molecule has 3 N–H and O–H groups in total. The lowest BCUT2D eigenvalue weighted by molar-refractivity contribution is 0.287. The van der Waals surface area contributed by atoms with E-state index in [1.807, 2.05) is 0 Å². The molecule has 1 saturated carbocycles. The first-order valence-electron chi connectivity index (χ1n) is 6.97. The number of rotatable bonds is 7. The summed E-state index contributed by atoms with van der Waals surface area (Å²) < 4.78 is 0. The maximum absolute atomic E-state index is 5.89. The molecular formula is C13H29N3. The van der Waals surface area contributed by atoms with Gasteiger partial charge in [0, 0.05) is 12.1 Å². The Kier molecular flexibility index (Phi) is 7.01. The van der Waals surface area contributed by atoms with Gasteiger partial charge in [0.1, 0.15) is 0 Å². The molecule has 96 valence electrons. The molecule has 0 saturated heterocycles. The first kappa shape index (κ1) is 13.9. The van der Waals surface area contributed by atoms with Crippen LogP contribution in [-0.4, -0.2) is 43.2 Å². The molecule has 1 rings (SSSR count). The molecule has 3 nitrogen and oxygen atoms in total. The molecule has 3 heteroatoms. The average molecular weight is 227 g/mol. The molecule has 16 heavy (non-hydrogen) atoms. The molecule has 1 aliphatic rings. The summed E-state index contributed by atoms with van der Waals surface area (Å²) in [7, 11) is 0. The second-order valence-corrected chi connectivity index (χ2v) is 4.95. The molecule has 1 aliphatic carbocycles. The lowest BCUT2D eigenvalue weighted by Crippen LogP contribution is -2.38. The van der Waals surface area contributed by atoms with E-state index in [1.165, 1.54) is 51.7 Å². The van der Waals surface area contributed by atoms with E-state index in [9.17, 15) is 0 Å². The standard InChI is InChI=1S/C13H29N3/c1-3-16(4-2)11-5-10-15-13-8-6-12(14)7-9-13/h12-13,15H,3-11,14H2,1-2H3. The van der Waals surface area contributed by atoms with E-state index in [-0.39, 0.29) is 0 Å². The van der Waals surface area contributed by atoms with E-state index in [2.05, 4.69) is 24.1 Å². The van der Waals surface area contributed by atoms with Crippen LogP contribution in [0.1, 0.15) is 46.0 Å². The number of nitrogens with zero attached hydrogens (tertiary/aromatic N) is 1. The molecule has 0 aromatic heterocycles. The molecule has 1 fully saturated rings. The van der Waals surface area contributed by atoms with Crippen molar-refractivity contribution in [3.05, 3.63) is 0 Å². The van der Waals surface area contributed by atoms with E-state index in [0.29, 0.717) is 6.04 Å². The Balaban J connectivity index is 1.98. The molecule has 0 aromatic carbocycles. The predicted molar refractivity (Wildman–Crippen MR) is 70.6 cm³/mol. The Morgan fingerprint density at radius 3 is 2.31 bits per heavy atom. The summed E-state index contributed by atoms with van der Waals surface area (Å²) in [4.78, 5) is 2.48. The van der Waals surface area contributed by atoms with Crippen molar-refractivity contribution in [2.45, 2.75) is 58.0 Å². The fourth-order valence-corrected chi connectivity index (χ4v) is 2.47. The quantitative estimate of drug-likeness (QED) is 0.649. The summed E-state index contributed by atoms with van der Waals surface area (Å²) in [5.41, 5.74) is 5.89. The van der Waals surface area contributed by atoms with E-state index >= 15 is 0 Å². The van der Waals surface area contributed by atoms with Crippen LogP contribution in [0.3, 0.4) is 0 Å². The average Bonchev–Trinajstić information content (AvgIpc) is 2.32. The van der Waals surface area contributed by atoms with Gasteiger partial charge in [-0.3, -0.25) is 0 Å². The highest BCUT2D eigenvalue weighted by Gasteiger charge is 2.17. The number of hydrogen-bond acceptors (Lipinski definition) is 3. The van der Waals surface area contributed by atoms with Crippen LogP contribution >= 0.6 is 0 Å². The molecule has 0 radical (unpaired) electrons. The predicted octanol–water partition coefficient (Wildman–Crippen LogP) is 1.58. The van der Waals surface area contributed by atoms with Crippen molar-refractivity contribution < 1.29 is 0 Å². The van der Waals surface area contributed by atoms with Crippen LogP contribution in [0, 0.1) is 0 Å². The van der Waals surface area contributed by atoms with Gasteiger partial charge in [-0.15, -0.1) is 0 Å². The minimum absolute atomic E-state index is 0.466. The SMILES string of the molecule is CCN(CC)CCCNC1CCC(N)CC1. The molecule has 0 spiro atoms. The minimum atomic E-state index is 0.466. The summed E-state index contributed by atoms with van der Waals surface area (Å²) in [5, 5.41) is 3.66. The van der Waals surface area contributed by atoms with Crippen LogP contribution in [0.25, 0.3) is 0 Å². The fourth-order valence-electron chi connectivity index (χ4n) is 2.47. The van der Waals surface area contributed by atoms with Crippen LogP contribution in [0.15, 0.2) is 0 Å². The van der Waals surface area contributed by atoms with Crippen LogP contribution in [0.2, 0.25) is 0 Å². The first-order chi connectivity index (χ1) is 7.76. The van der Waals surface area contributed by atoms with Gasteiger partial charge < -0.3 is 16.0 Å². The van der Waals surface area contributed by atoms with Crippen molar-refractivity contribution in [2.24, 2.45) is 5.73 Å². The highest BCUT2D eigenvalue weighted by Crippen LogP contribution is 2.16. The zero-order chi connectivity index (χ0) is 11.8. The molecule has 0 heterocycles. The lowest BCUT2D eigenvalue weighted by Gasteiger charge is -2.27. The summed E-state index contributed by atoms with van der Waals surface area (Å²) in [6, 6.07) is 1.20. The normalized spacial score (nSPS) is 26.2. The summed E-state index contributed by atoms with van der Waals surface area (Å²) >= 11 is 0. The second kappa shape index (κ2) is 8.04. The third-order valence-corrected chi connectivity index (χ3v) is 3.75. The Morgan fingerprint density at radius 1 is 1.12 bits per heavy atom. The summed E-state index contributed by atoms with van der Waals surface area (Å²) in [5.74, 6) is 0. The maximum atomic E-state index is 5.89. The lowest BCUT2D eigenvalue weighted by atomic mass is 9.92. The summed E-state index contributed by atoms with van der Waals surface area (Å²) in [6.07, 6.45) is 6.21. The van der Waals surface area contributed by atoms with E-state index in [0.717, 1.165) is 12.6 Å². The van der Waals surface area contributed by atoms with Gasteiger partial charge in [0.25, 0.3) is 0 Å². The monoisotopic (exact) mass is 227 g/mol. The number of hydrogen-bond donors (Lipinski definition) is 2. The smallest absolute Gasteiger partial charge is 0.00682 e. The highest BCUT2D eigenvalue weighted by atomic mass is 15.1. The maximum Gasteiger partial charge on any atom is 0.00682 e. The molecule has 0 aliphatic heterocycles. The molecule has 0 atom stereocenters. The molecular weight excluding hydrogens is 198 g/mol. The van der Waals surface area contributed by atoms with Crippen LogP contribution in [0.4, 0.5) is 0 Å². The topological polar surface area (TPSA) is 41.3 Å². The van der Waals surface area contributed by atoms with Crippen LogP contribution < -0.4 is 11.1 Å². The molecule has 0 bridgehead atoms. The van der Waals surface area contributed by atoms with Crippen LogP contribution in [-0.2, 0) is 0 Å². The van der Waals surface area contributed by atoms with Gasteiger partial charge in [-0.2, -0.15) is 0 Å². The zero-order valence-corrected chi connectivity index (χ0v) is 11.0. The largest absolute Gasteiger partial charge is 0.328 e. The van der Waals surface area contributed by atoms with E-state index in [1.54, 1.807) is 0 Å². The van der Waals surface area contributed by atoms with E-state index < -0.39 is 0 Å². The first-order valence-corrected chi connectivity index (χ1v) is 6.97. The third kappa shape index (κ3) is 5.28. The van der Waals surface area contributed by atoms with Gasteiger partial charge in [-0.25, -0.2) is 0 Å². The van der Waals surface area contributed by atoms with Gasteiger partial charge in [-0.05, 0) is 58.3 Å². The molecule has 0 aromatic rings. The van der Waals surface area contributed by atoms with E-state index in [4.69, 9.17) is 5.73 Å². The van der Waals surface area contributed by atoms with Crippen molar-refractivity contribution in [1.29, 1.82) is 0 Å². The number of nitrogens with two attached hydrogens (primary N) is 1.